The fraction of sp³-hybridized carbons (Fsp3) is 0.364. The van der Waals surface area contributed by atoms with Crippen LogP contribution in [-0.4, -0.2) is 54.4 Å². The maximum atomic E-state index is 12.8. The van der Waals surface area contributed by atoms with Crippen LogP contribution in [0, 0.1) is 0 Å². The van der Waals surface area contributed by atoms with Crippen LogP contribution in [0.1, 0.15) is 29.3 Å². The van der Waals surface area contributed by atoms with Crippen molar-refractivity contribution >= 4 is 17.5 Å². The van der Waals surface area contributed by atoms with Gasteiger partial charge in [-0.25, -0.2) is 0 Å². The Morgan fingerprint density at radius 2 is 1.61 bits per heavy atom. The minimum absolute atomic E-state index is 0.0480. The summed E-state index contributed by atoms with van der Waals surface area (Å²) in [6.45, 7) is 4.56. The Hall–Kier alpha value is -3.02. The Kier molecular flexibility index (Phi) is 6.53. The highest BCUT2D eigenvalue weighted by Crippen LogP contribution is 2.21. The van der Waals surface area contributed by atoms with Crippen LogP contribution in [-0.2, 0) is 11.2 Å². The van der Waals surface area contributed by atoms with E-state index in [4.69, 9.17) is 10.5 Å². The summed E-state index contributed by atoms with van der Waals surface area (Å²) in [4.78, 5) is 29.0. The number of carbonyl (C=O) groups excluding carboxylic acids is 2. The van der Waals surface area contributed by atoms with E-state index in [0.717, 1.165) is 11.3 Å². The molecule has 0 unspecified atom stereocenters. The van der Waals surface area contributed by atoms with Gasteiger partial charge in [0.2, 0.25) is 5.91 Å². The number of benzene rings is 2. The molecule has 3 rings (SSSR count). The van der Waals surface area contributed by atoms with Crippen molar-refractivity contribution in [2.24, 2.45) is 0 Å². The smallest absolute Gasteiger partial charge is 0.257 e. The van der Waals surface area contributed by atoms with Gasteiger partial charge in [0.25, 0.3) is 5.91 Å². The van der Waals surface area contributed by atoms with E-state index < -0.39 is 0 Å². The molecule has 28 heavy (non-hydrogen) atoms. The van der Waals surface area contributed by atoms with E-state index in [9.17, 15) is 9.59 Å². The van der Waals surface area contributed by atoms with Crippen LogP contribution >= 0.6 is 0 Å². The van der Waals surface area contributed by atoms with Crippen molar-refractivity contribution in [2.45, 2.75) is 19.8 Å². The molecule has 0 radical (unpaired) electrons. The molecule has 0 spiro atoms. The summed E-state index contributed by atoms with van der Waals surface area (Å²) >= 11 is 0. The monoisotopic (exact) mass is 381 g/mol. The quantitative estimate of drug-likeness (QED) is 0.781. The number of hydrogen-bond donors (Lipinski definition) is 1. The zero-order valence-electron chi connectivity index (χ0n) is 16.3. The van der Waals surface area contributed by atoms with Crippen LogP contribution in [0.25, 0.3) is 0 Å². The Balaban J connectivity index is 1.53. The summed E-state index contributed by atoms with van der Waals surface area (Å²) in [6, 6.07) is 14.9. The lowest BCUT2D eigenvalue weighted by molar-refractivity contribution is -0.132. The number of nitrogen functional groups attached to an aromatic ring is 1. The maximum absolute atomic E-state index is 12.8. The first-order chi connectivity index (χ1) is 13.6. The zero-order chi connectivity index (χ0) is 19.9. The minimum atomic E-state index is -0.0480. The van der Waals surface area contributed by atoms with E-state index in [2.05, 4.69) is 0 Å². The van der Waals surface area contributed by atoms with Gasteiger partial charge in [-0.2, -0.15) is 0 Å². The Labute approximate surface area is 165 Å². The van der Waals surface area contributed by atoms with Gasteiger partial charge in [0.15, 0.2) is 0 Å². The van der Waals surface area contributed by atoms with Gasteiger partial charge in [-0.1, -0.05) is 30.3 Å². The van der Waals surface area contributed by atoms with E-state index in [1.807, 2.05) is 54.3 Å². The van der Waals surface area contributed by atoms with Crippen LogP contribution in [0.5, 0.6) is 5.75 Å². The number of nitrogens with two attached hydrogens (primary N) is 1. The van der Waals surface area contributed by atoms with Crippen molar-refractivity contribution in [1.82, 2.24) is 9.80 Å². The number of para-hydroxylation sites is 2. The first kappa shape index (κ1) is 19.7. The van der Waals surface area contributed by atoms with E-state index in [-0.39, 0.29) is 11.8 Å². The Morgan fingerprint density at radius 3 is 2.32 bits per heavy atom. The van der Waals surface area contributed by atoms with E-state index >= 15 is 0 Å². The normalized spacial score (nSPS) is 14.0. The van der Waals surface area contributed by atoms with Gasteiger partial charge >= 0.3 is 0 Å². The first-order valence-corrected chi connectivity index (χ1v) is 9.72. The molecule has 2 N–H and O–H groups in total. The van der Waals surface area contributed by atoms with Gasteiger partial charge in [0, 0.05) is 38.3 Å². The molecule has 1 fully saturated rings. The summed E-state index contributed by atoms with van der Waals surface area (Å²) < 4.78 is 5.57. The number of carbonyl (C=O) groups is 2. The molecule has 1 saturated heterocycles. The second kappa shape index (κ2) is 9.26. The lowest BCUT2D eigenvalue weighted by atomic mass is 10.1. The number of hydrogen-bond acceptors (Lipinski definition) is 4. The predicted octanol–water partition coefficient (Wildman–Crippen LogP) is 2.58. The van der Waals surface area contributed by atoms with Crippen molar-refractivity contribution in [3.8, 4) is 5.75 Å². The molecule has 148 valence electrons. The molecule has 1 aliphatic heterocycles. The molecule has 0 aliphatic carbocycles. The fourth-order valence-electron chi connectivity index (χ4n) is 3.42. The van der Waals surface area contributed by atoms with Gasteiger partial charge in [0.1, 0.15) is 5.75 Å². The molecule has 1 aliphatic rings. The average molecular weight is 381 g/mol. The summed E-state index contributed by atoms with van der Waals surface area (Å²) in [5.74, 6) is 0.659. The van der Waals surface area contributed by atoms with Gasteiger partial charge in [-0.15, -0.1) is 0 Å². The Morgan fingerprint density at radius 1 is 0.964 bits per heavy atom. The lowest BCUT2D eigenvalue weighted by Gasteiger charge is -2.35. The molecule has 6 nitrogen and oxygen atoms in total. The van der Waals surface area contributed by atoms with Gasteiger partial charge < -0.3 is 20.3 Å². The first-order valence-electron chi connectivity index (χ1n) is 9.72. The maximum Gasteiger partial charge on any atom is 0.257 e. The van der Waals surface area contributed by atoms with Crippen LogP contribution in [0.3, 0.4) is 0 Å². The molecule has 0 atom stereocenters. The number of piperazine rings is 1. The highest BCUT2D eigenvalue weighted by atomic mass is 16.5. The third-order valence-electron chi connectivity index (χ3n) is 5.00. The molecule has 6 heteroatoms. The topological polar surface area (TPSA) is 75.9 Å². The minimum Gasteiger partial charge on any atom is -0.493 e. The Bertz CT molecular complexity index is 829. The van der Waals surface area contributed by atoms with Gasteiger partial charge in [-0.05, 0) is 37.1 Å². The standard InChI is InChI=1S/C22H27N3O3/c1-2-28-20-10-6-4-8-18(20)22(27)25-15-13-24(14-16-25)21(26)12-11-17-7-3-5-9-19(17)23/h3-10H,2,11-16,23H2,1H3. The molecule has 2 aromatic carbocycles. The van der Waals surface area contributed by atoms with Crippen molar-refractivity contribution < 1.29 is 14.3 Å². The zero-order valence-corrected chi connectivity index (χ0v) is 16.3. The van der Waals surface area contributed by atoms with Crippen LogP contribution < -0.4 is 10.5 Å². The molecule has 2 aromatic rings. The third kappa shape index (κ3) is 4.63. The van der Waals surface area contributed by atoms with Crippen LogP contribution in [0.2, 0.25) is 0 Å². The van der Waals surface area contributed by atoms with Crippen LogP contribution in [0.4, 0.5) is 5.69 Å². The molecule has 0 saturated carbocycles. The predicted molar refractivity (Wildman–Crippen MR) is 109 cm³/mol. The molecule has 0 bridgehead atoms. The number of ether oxygens (including phenoxy) is 1. The molecular formula is C22H27N3O3. The SMILES string of the molecule is CCOc1ccccc1C(=O)N1CCN(C(=O)CCc2ccccc2N)CC1. The number of rotatable bonds is 6. The fourth-order valence-corrected chi connectivity index (χ4v) is 3.42. The van der Waals surface area contributed by atoms with E-state index in [1.165, 1.54) is 0 Å². The molecule has 0 aromatic heterocycles. The number of amides is 2. The van der Waals surface area contributed by atoms with Gasteiger partial charge in [0.05, 0.1) is 12.2 Å². The third-order valence-corrected chi connectivity index (χ3v) is 5.00. The van der Waals surface area contributed by atoms with Crippen molar-refractivity contribution in [3.63, 3.8) is 0 Å². The summed E-state index contributed by atoms with van der Waals surface area (Å²) in [6.07, 6.45) is 1.06. The molecule has 1 heterocycles. The number of nitrogens with zero attached hydrogens (tertiary/aromatic N) is 2. The highest BCUT2D eigenvalue weighted by Gasteiger charge is 2.26. The van der Waals surface area contributed by atoms with Crippen LogP contribution in [0.15, 0.2) is 48.5 Å². The van der Waals surface area contributed by atoms with E-state index in [1.54, 1.807) is 11.0 Å². The molecular weight excluding hydrogens is 354 g/mol. The van der Waals surface area contributed by atoms with Crippen molar-refractivity contribution in [1.29, 1.82) is 0 Å². The number of anilines is 1. The second-order valence-corrected chi connectivity index (χ2v) is 6.80. The van der Waals surface area contributed by atoms with Gasteiger partial charge in [-0.3, -0.25) is 9.59 Å². The van der Waals surface area contributed by atoms with Crippen molar-refractivity contribution in [3.05, 3.63) is 59.7 Å². The molecule has 2 amide bonds. The largest absolute Gasteiger partial charge is 0.493 e. The lowest BCUT2D eigenvalue weighted by Crippen LogP contribution is -2.50. The van der Waals surface area contributed by atoms with Crippen molar-refractivity contribution in [2.75, 3.05) is 38.5 Å². The van der Waals surface area contributed by atoms with E-state index in [0.29, 0.717) is 56.9 Å². The second-order valence-electron chi connectivity index (χ2n) is 6.80. The summed E-state index contributed by atoms with van der Waals surface area (Å²) in [5.41, 5.74) is 8.24. The highest BCUT2D eigenvalue weighted by molar-refractivity contribution is 5.97. The average Bonchev–Trinajstić information content (AvgIpc) is 2.73. The summed E-state index contributed by atoms with van der Waals surface area (Å²) in [5, 5.41) is 0. The summed E-state index contributed by atoms with van der Waals surface area (Å²) in [7, 11) is 0. The number of aryl methyl sites for hydroxylation is 1.